The predicted octanol–water partition coefficient (Wildman–Crippen LogP) is 4.55. The van der Waals surface area contributed by atoms with Gasteiger partial charge in [-0.3, -0.25) is 0 Å². The summed E-state index contributed by atoms with van der Waals surface area (Å²) in [7, 11) is 0. The van der Waals surface area contributed by atoms with Gasteiger partial charge in [0.05, 0.1) is 6.61 Å². The Bertz CT molecular complexity index is 366. The van der Waals surface area contributed by atoms with Crippen LogP contribution in [0.15, 0.2) is 22.7 Å². The minimum Gasteiger partial charge on any atom is -0.493 e. The molecule has 3 heteroatoms. The first kappa shape index (κ1) is 16.5. The normalized spacial score (nSPS) is 11.0. The topological polar surface area (TPSA) is 21.3 Å². The first-order valence-electron chi connectivity index (χ1n) is 7.19. The molecule has 0 aromatic heterocycles. The van der Waals surface area contributed by atoms with E-state index in [1.807, 2.05) is 12.1 Å². The molecule has 0 aliphatic rings. The minimum atomic E-state index is 0.740. The molecule has 0 fully saturated rings. The van der Waals surface area contributed by atoms with Crippen molar-refractivity contribution in [2.24, 2.45) is 5.92 Å². The molecule has 0 atom stereocenters. The van der Waals surface area contributed by atoms with Crippen LogP contribution in [-0.4, -0.2) is 19.7 Å². The van der Waals surface area contributed by atoms with Crippen molar-refractivity contribution >= 4 is 15.9 Å². The molecule has 0 saturated carbocycles. The Morgan fingerprint density at radius 1 is 1.21 bits per heavy atom. The Balaban J connectivity index is 2.04. The number of halogens is 1. The number of hydrogen-bond donors (Lipinski definition) is 1. The molecular formula is C16H26BrNO. The van der Waals surface area contributed by atoms with Crippen molar-refractivity contribution in [3.05, 3.63) is 28.2 Å². The van der Waals surface area contributed by atoms with E-state index in [4.69, 9.17) is 4.74 Å². The molecular weight excluding hydrogens is 302 g/mol. The lowest BCUT2D eigenvalue weighted by molar-refractivity contribution is 0.302. The maximum atomic E-state index is 5.80. The van der Waals surface area contributed by atoms with Crippen LogP contribution in [0.4, 0.5) is 0 Å². The zero-order valence-electron chi connectivity index (χ0n) is 12.3. The Kier molecular flexibility index (Phi) is 8.15. The smallest absolute Gasteiger partial charge is 0.122 e. The zero-order valence-corrected chi connectivity index (χ0v) is 13.9. The van der Waals surface area contributed by atoms with E-state index < -0.39 is 0 Å². The quantitative estimate of drug-likeness (QED) is 0.671. The maximum Gasteiger partial charge on any atom is 0.122 e. The van der Waals surface area contributed by atoms with Gasteiger partial charge in [-0.05, 0) is 69.0 Å². The van der Waals surface area contributed by atoms with E-state index in [0.717, 1.165) is 42.3 Å². The largest absolute Gasteiger partial charge is 0.493 e. The van der Waals surface area contributed by atoms with Crippen molar-refractivity contribution in [2.45, 2.75) is 40.0 Å². The Morgan fingerprint density at radius 2 is 2.00 bits per heavy atom. The number of ether oxygens (including phenoxy) is 1. The van der Waals surface area contributed by atoms with Crippen molar-refractivity contribution in [2.75, 3.05) is 19.7 Å². The van der Waals surface area contributed by atoms with Gasteiger partial charge < -0.3 is 10.1 Å². The van der Waals surface area contributed by atoms with Crippen molar-refractivity contribution in [1.82, 2.24) is 5.32 Å². The highest BCUT2D eigenvalue weighted by Crippen LogP contribution is 2.22. The average molecular weight is 328 g/mol. The molecule has 0 spiro atoms. The number of benzene rings is 1. The number of hydrogen-bond acceptors (Lipinski definition) is 2. The predicted molar refractivity (Wildman–Crippen MR) is 85.9 cm³/mol. The van der Waals surface area contributed by atoms with Crippen LogP contribution in [-0.2, 0) is 0 Å². The lowest BCUT2D eigenvalue weighted by atomic mass is 10.2. The van der Waals surface area contributed by atoms with Crippen LogP contribution in [0.25, 0.3) is 0 Å². The van der Waals surface area contributed by atoms with Gasteiger partial charge in [-0.1, -0.05) is 29.8 Å². The van der Waals surface area contributed by atoms with E-state index in [1.165, 1.54) is 18.4 Å². The van der Waals surface area contributed by atoms with Crippen molar-refractivity contribution in [3.63, 3.8) is 0 Å². The monoisotopic (exact) mass is 327 g/mol. The van der Waals surface area contributed by atoms with Crippen LogP contribution in [0, 0.1) is 12.8 Å². The molecule has 1 rings (SSSR count). The maximum absolute atomic E-state index is 5.80. The molecule has 19 heavy (non-hydrogen) atoms. The van der Waals surface area contributed by atoms with E-state index in [2.05, 4.69) is 48.1 Å². The summed E-state index contributed by atoms with van der Waals surface area (Å²) >= 11 is 3.46. The van der Waals surface area contributed by atoms with E-state index in [1.54, 1.807) is 0 Å². The number of unbranched alkanes of at least 4 members (excludes halogenated alkanes) is 2. The van der Waals surface area contributed by atoms with Crippen molar-refractivity contribution in [1.29, 1.82) is 0 Å². The fourth-order valence-electron chi connectivity index (χ4n) is 1.88. The van der Waals surface area contributed by atoms with Gasteiger partial charge in [0.1, 0.15) is 5.75 Å². The molecule has 0 aliphatic heterocycles. The molecule has 1 aromatic rings. The van der Waals surface area contributed by atoms with Gasteiger partial charge in [-0.15, -0.1) is 0 Å². The summed E-state index contributed by atoms with van der Waals surface area (Å²) in [5.74, 6) is 1.74. The highest BCUT2D eigenvalue weighted by atomic mass is 79.9. The highest BCUT2D eigenvalue weighted by molar-refractivity contribution is 9.10. The third-order valence-corrected chi connectivity index (χ3v) is 3.44. The third-order valence-electron chi connectivity index (χ3n) is 2.95. The van der Waals surface area contributed by atoms with Gasteiger partial charge in [-0.25, -0.2) is 0 Å². The zero-order chi connectivity index (χ0) is 14.1. The second kappa shape index (κ2) is 9.38. The van der Waals surface area contributed by atoms with Crippen molar-refractivity contribution < 1.29 is 4.74 Å². The first-order chi connectivity index (χ1) is 9.09. The first-order valence-corrected chi connectivity index (χ1v) is 7.98. The second-order valence-corrected chi connectivity index (χ2v) is 6.33. The van der Waals surface area contributed by atoms with Gasteiger partial charge in [0.2, 0.25) is 0 Å². The fourth-order valence-corrected chi connectivity index (χ4v) is 2.35. The summed E-state index contributed by atoms with van der Waals surface area (Å²) in [5, 5.41) is 3.46. The van der Waals surface area contributed by atoms with Gasteiger partial charge in [0.15, 0.2) is 0 Å². The van der Waals surface area contributed by atoms with Crippen molar-refractivity contribution in [3.8, 4) is 5.75 Å². The molecule has 108 valence electrons. The lowest BCUT2D eigenvalue weighted by Gasteiger charge is -2.10. The summed E-state index contributed by atoms with van der Waals surface area (Å²) in [4.78, 5) is 0. The summed E-state index contributed by atoms with van der Waals surface area (Å²) in [5.41, 5.74) is 1.19. The molecule has 2 nitrogen and oxygen atoms in total. The van der Waals surface area contributed by atoms with Crippen LogP contribution >= 0.6 is 15.9 Å². The van der Waals surface area contributed by atoms with Crippen LogP contribution in [0.3, 0.4) is 0 Å². The lowest BCUT2D eigenvalue weighted by Crippen LogP contribution is -2.20. The molecule has 0 saturated heterocycles. The Morgan fingerprint density at radius 3 is 2.68 bits per heavy atom. The van der Waals surface area contributed by atoms with Crippen LogP contribution in [0.1, 0.15) is 38.7 Å². The van der Waals surface area contributed by atoms with E-state index >= 15 is 0 Å². The summed E-state index contributed by atoms with van der Waals surface area (Å²) in [6.45, 7) is 9.61. The minimum absolute atomic E-state index is 0.740. The number of rotatable bonds is 9. The van der Waals surface area contributed by atoms with E-state index in [-0.39, 0.29) is 0 Å². The molecule has 0 aliphatic carbocycles. The SMILES string of the molecule is Cc1cc(Br)ccc1OCCCCCNCC(C)C. The highest BCUT2D eigenvalue weighted by Gasteiger charge is 2.00. The molecule has 0 bridgehead atoms. The van der Waals surface area contributed by atoms with E-state index in [9.17, 15) is 0 Å². The molecule has 0 unspecified atom stereocenters. The van der Waals surface area contributed by atoms with Gasteiger partial charge >= 0.3 is 0 Å². The summed E-state index contributed by atoms with van der Waals surface area (Å²) in [6, 6.07) is 6.15. The summed E-state index contributed by atoms with van der Waals surface area (Å²) < 4.78 is 6.90. The Labute approximate surface area is 126 Å². The van der Waals surface area contributed by atoms with Crippen LogP contribution < -0.4 is 10.1 Å². The van der Waals surface area contributed by atoms with E-state index in [0.29, 0.717) is 0 Å². The summed E-state index contributed by atoms with van der Waals surface area (Å²) in [6.07, 6.45) is 3.58. The van der Waals surface area contributed by atoms with Crippen LogP contribution in [0.2, 0.25) is 0 Å². The van der Waals surface area contributed by atoms with Gasteiger partial charge in [0, 0.05) is 4.47 Å². The van der Waals surface area contributed by atoms with Crippen LogP contribution in [0.5, 0.6) is 5.75 Å². The standard InChI is InChI=1S/C16H26BrNO/c1-13(2)12-18-9-5-4-6-10-19-16-8-7-15(17)11-14(16)3/h7-8,11,13,18H,4-6,9-10,12H2,1-3H3. The molecule has 0 heterocycles. The number of aryl methyl sites for hydroxylation is 1. The average Bonchev–Trinajstić information content (AvgIpc) is 2.34. The molecule has 1 aromatic carbocycles. The molecule has 0 amide bonds. The second-order valence-electron chi connectivity index (χ2n) is 5.42. The Hall–Kier alpha value is -0.540. The number of nitrogens with one attached hydrogen (secondary N) is 1. The fraction of sp³-hybridized carbons (Fsp3) is 0.625. The molecule has 0 radical (unpaired) electrons. The molecule has 1 N–H and O–H groups in total. The van der Waals surface area contributed by atoms with Gasteiger partial charge in [-0.2, -0.15) is 0 Å². The third kappa shape index (κ3) is 7.58. The van der Waals surface area contributed by atoms with Gasteiger partial charge in [0.25, 0.3) is 0 Å².